The number of hydrogen-bond donors (Lipinski definition) is 1. The lowest BCUT2D eigenvalue weighted by Gasteiger charge is -2.21. The second-order valence-corrected chi connectivity index (χ2v) is 6.58. The van der Waals surface area contributed by atoms with Crippen molar-refractivity contribution in [3.05, 3.63) is 12.2 Å². The van der Waals surface area contributed by atoms with Gasteiger partial charge in [0.15, 0.2) is 0 Å². The van der Waals surface area contributed by atoms with Gasteiger partial charge in [0.1, 0.15) is 0 Å². The van der Waals surface area contributed by atoms with Crippen molar-refractivity contribution in [3.8, 4) is 0 Å². The van der Waals surface area contributed by atoms with Gasteiger partial charge in [0.2, 0.25) is 0 Å². The molecule has 0 aromatic rings. The Hall–Kier alpha value is -0.653. The Bertz CT molecular complexity index is 241. The highest BCUT2D eigenvalue weighted by Gasteiger charge is 2.17. The SMILES string of the molecule is C=C(CCC[SiH](OC(C)C)OC(C)C)C(=O)O. The van der Waals surface area contributed by atoms with Gasteiger partial charge in [0.05, 0.1) is 0 Å². The first-order valence-corrected chi connectivity index (χ1v) is 7.80. The van der Waals surface area contributed by atoms with Crippen molar-refractivity contribution in [2.24, 2.45) is 0 Å². The molecule has 0 amide bonds. The first-order valence-electron chi connectivity index (χ1n) is 6.05. The van der Waals surface area contributed by atoms with E-state index in [-0.39, 0.29) is 17.8 Å². The van der Waals surface area contributed by atoms with Crippen LogP contribution in [0.1, 0.15) is 40.5 Å². The van der Waals surface area contributed by atoms with Crippen LogP contribution < -0.4 is 0 Å². The Kier molecular flexibility index (Phi) is 8.12. The van der Waals surface area contributed by atoms with Crippen LogP contribution in [0, 0.1) is 0 Å². The Morgan fingerprint density at radius 3 is 2.06 bits per heavy atom. The van der Waals surface area contributed by atoms with Crippen LogP contribution in [-0.2, 0) is 13.6 Å². The zero-order valence-electron chi connectivity index (χ0n) is 11.2. The molecule has 0 aliphatic carbocycles. The van der Waals surface area contributed by atoms with E-state index >= 15 is 0 Å². The molecule has 0 atom stereocenters. The van der Waals surface area contributed by atoms with Gasteiger partial charge >= 0.3 is 15.3 Å². The monoisotopic (exact) mass is 260 g/mol. The molecule has 5 heteroatoms. The first-order chi connectivity index (χ1) is 7.82. The molecule has 0 radical (unpaired) electrons. The van der Waals surface area contributed by atoms with Crippen LogP contribution in [0.25, 0.3) is 0 Å². The third-order valence-electron chi connectivity index (χ3n) is 2.07. The molecule has 17 heavy (non-hydrogen) atoms. The summed E-state index contributed by atoms with van der Waals surface area (Å²) in [5.74, 6) is -0.919. The standard InChI is InChI=1S/C12H24O4Si/c1-9(2)15-17(16-10(3)4)8-6-7-11(5)12(13)14/h9-10,17H,5-8H2,1-4H3,(H,13,14). The Labute approximate surface area is 105 Å². The van der Waals surface area contributed by atoms with Gasteiger partial charge in [-0.15, -0.1) is 0 Å². The van der Waals surface area contributed by atoms with Gasteiger partial charge in [-0.05, 0) is 46.6 Å². The predicted octanol–water partition coefficient (Wildman–Crippen LogP) is 2.48. The van der Waals surface area contributed by atoms with Gasteiger partial charge in [-0.3, -0.25) is 0 Å². The van der Waals surface area contributed by atoms with E-state index in [1.807, 2.05) is 27.7 Å². The van der Waals surface area contributed by atoms with Gasteiger partial charge < -0.3 is 14.0 Å². The summed E-state index contributed by atoms with van der Waals surface area (Å²) in [6.45, 7) is 11.5. The average molecular weight is 260 g/mol. The lowest BCUT2D eigenvalue weighted by atomic mass is 10.2. The highest BCUT2D eigenvalue weighted by atomic mass is 28.3. The van der Waals surface area contributed by atoms with Crippen molar-refractivity contribution in [1.29, 1.82) is 0 Å². The number of aliphatic carboxylic acids is 1. The molecule has 1 N–H and O–H groups in total. The molecule has 0 unspecified atom stereocenters. The summed E-state index contributed by atoms with van der Waals surface area (Å²) in [6, 6.07) is 0.822. The Morgan fingerprint density at radius 2 is 1.71 bits per heavy atom. The summed E-state index contributed by atoms with van der Waals surface area (Å²) in [4.78, 5) is 10.6. The van der Waals surface area contributed by atoms with E-state index in [1.165, 1.54) is 0 Å². The van der Waals surface area contributed by atoms with Crippen molar-refractivity contribution in [2.75, 3.05) is 0 Å². The van der Waals surface area contributed by atoms with E-state index in [0.29, 0.717) is 6.42 Å². The zero-order chi connectivity index (χ0) is 13.4. The molecule has 4 nitrogen and oxygen atoms in total. The van der Waals surface area contributed by atoms with Gasteiger partial charge in [-0.1, -0.05) is 6.58 Å². The van der Waals surface area contributed by atoms with Crippen LogP contribution in [-0.4, -0.2) is 32.6 Å². The molecule has 0 aromatic carbocycles. The minimum atomic E-state index is -1.67. The lowest BCUT2D eigenvalue weighted by molar-refractivity contribution is -0.132. The summed E-state index contributed by atoms with van der Waals surface area (Å²) in [7, 11) is -1.67. The first kappa shape index (κ1) is 16.3. The largest absolute Gasteiger partial charge is 0.478 e. The molecule has 0 fully saturated rings. The van der Waals surface area contributed by atoms with Crippen LogP contribution in [0.3, 0.4) is 0 Å². The van der Waals surface area contributed by atoms with Crippen LogP contribution >= 0.6 is 0 Å². The van der Waals surface area contributed by atoms with Gasteiger partial charge in [-0.2, -0.15) is 0 Å². The van der Waals surface area contributed by atoms with Crippen molar-refractivity contribution in [3.63, 3.8) is 0 Å². The molecule has 0 spiro atoms. The van der Waals surface area contributed by atoms with Crippen molar-refractivity contribution >= 4 is 15.3 Å². The molecule has 0 aromatic heterocycles. The maximum Gasteiger partial charge on any atom is 0.330 e. The molecule has 100 valence electrons. The lowest BCUT2D eigenvalue weighted by Crippen LogP contribution is -2.29. The minimum Gasteiger partial charge on any atom is -0.478 e. The third kappa shape index (κ3) is 9.09. The minimum absolute atomic E-state index is 0.160. The van der Waals surface area contributed by atoms with E-state index in [4.69, 9.17) is 14.0 Å². The molecular weight excluding hydrogens is 236 g/mol. The van der Waals surface area contributed by atoms with Crippen LogP contribution in [0.4, 0.5) is 0 Å². The summed E-state index contributed by atoms with van der Waals surface area (Å²) < 4.78 is 11.5. The second-order valence-electron chi connectivity index (χ2n) is 4.60. The molecule has 0 aliphatic rings. The Balaban J connectivity index is 3.98. The molecule has 0 aliphatic heterocycles. The quantitative estimate of drug-likeness (QED) is 0.511. The number of carboxylic acids is 1. The number of carboxylic acid groups (broad SMARTS) is 1. The summed E-state index contributed by atoms with van der Waals surface area (Å²) >= 11 is 0. The Morgan fingerprint density at radius 1 is 1.24 bits per heavy atom. The van der Waals surface area contributed by atoms with Crippen LogP contribution in [0.2, 0.25) is 6.04 Å². The van der Waals surface area contributed by atoms with Crippen molar-refractivity contribution in [1.82, 2.24) is 0 Å². The van der Waals surface area contributed by atoms with Crippen molar-refractivity contribution < 1.29 is 18.8 Å². The highest BCUT2D eigenvalue weighted by Crippen LogP contribution is 2.12. The maximum atomic E-state index is 10.6. The highest BCUT2D eigenvalue weighted by molar-refractivity contribution is 6.44. The molecular formula is C12H24O4Si. The summed E-state index contributed by atoms with van der Waals surface area (Å²) in [6.07, 6.45) is 1.59. The second kappa shape index (κ2) is 8.44. The van der Waals surface area contributed by atoms with E-state index < -0.39 is 15.3 Å². The smallest absolute Gasteiger partial charge is 0.330 e. The van der Waals surface area contributed by atoms with Gasteiger partial charge in [0.25, 0.3) is 0 Å². The fourth-order valence-corrected chi connectivity index (χ4v) is 3.45. The molecule has 0 rings (SSSR count). The number of rotatable bonds is 9. The van der Waals surface area contributed by atoms with Gasteiger partial charge in [-0.25, -0.2) is 4.79 Å². The van der Waals surface area contributed by atoms with Crippen molar-refractivity contribution in [2.45, 2.75) is 58.8 Å². The van der Waals surface area contributed by atoms with E-state index in [2.05, 4.69) is 6.58 Å². The molecule has 0 bridgehead atoms. The summed E-state index contributed by atoms with van der Waals surface area (Å²) in [5, 5.41) is 8.69. The van der Waals surface area contributed by atoms with Crippen LogP contribution in [0.15, 0.2) is 12.2 Å². The zero-order valence-corrected chi connectivity index (χ0v) is 12.4. The van der Waals surface area contributed by atoms with Gasteiger partial charge in [0, 0.05) is 17.8 Å². The predicted molar refractivity (Wildman–Crippen MR) is 70.4 cm³/mol. The molecule has 0 saturated heterocycles. The van der Waals surface area contributed by atoms with E-state index in [1.54, 1.807) is 0 Å². The van der Waals surface area contributed by atoms with E-state index in [9.17, 15) is 4.79 Å². The number of hydrogen-bond acceptors (Lipinski definition) is 3. The normalized spacial score (nSPS) is 11.5. The number of carbonyl (C=O) groups is 1. The molecule has 0 saturated carbocycles. The average Bonchev–Trinajstić information content (AvgIpc) is 2.14. The fourth-order valence-electron chi connectivity index (χ4n) is 1.36. The van der Waals surface area contributed by atoms with E-state index in [0.717, 1.165) is 12.5 Å². The topological polar surface area (TPSA) is 55.8 Å². The maximum absolute atomic E-state index is 10.6. The fraction of sp³-hybridized carbons (Fsp3) is 0.750. The molecule has 0 heterocycles. The summed E-state index contributed by atoms with van der Waals surface area (Å²) in [5.41, 5.74) is 0.256. The van der Waals surface area contributed by atoms with Crippen LogP contribution in [0.5, 0.6) is 0 Å². The third-order valence-corrected chi connectivity index (χ3v) is 4.64.